The second-order valence-electron chi connectivity index (χ2n) is 4.89. The van der Waals surface area contributed by atoms with E-state index in [1.54, 1.807) is 0 Å². The molecular weight excluding hydrogens is 284 g/mol. The minimum Gasteiger partial charge on any atom is -0.478 e. The van der Waals surface area contributed by atoms with E-state index >= 15 is 0 Å². The zero-order chi connectivity index (χ0) is 14.7. The molecule has 1 aromatic carbocycles. The van der Waals surface area contributed by atoms with E-state index in [-0.39, 0.29) is 28.0 Å². The number of hydrogen-bond donors (Lipinski definition) is 2. The Morgan fingerprint density at radius 3 is 2.55 bits per heavy atom. The maximum Gasteiger partial charge on any atom is 0.338 e. The molecule has 0 amide bonds. The predicted molar refractivity (Wildman–Crippen MR) is 75.6 cm³/mol. The number of benzene rings is 1. The van der Waals surface area contributed by atoms with Crippen LogP contribution >= 0.6 is 11.6 Å². The molecule has 1 fully saturated rings. The van der Waals surface area contributed by atoms with Crippen molar-refractivity contribution in [1.29, 1.82) is 0 Å². The molecule has 0 saturated heterocycles. The van der Waals surface area contributed by atoms with E-state index in [0.29, 0.717) is 0 Å². The van der Waals surface area contributed by atoms with Gasteiger partial charge >= 0.3 is 5.97 Å². The van der Waals surface area contributed by atoms with Gasteiger partial charge in [0.15, 0.2) is 0 Å². The number of nitro benzene ring substituents is 1. The van der Waals surface area contributed by atoms with Crippen molar-refractivity contribution in [3.05, 3.63) is 32.8 Å². The zero-order valence-electron chi connectivity index (χ0n) is 10.8. The summed E-state index contributed by atoms with van der Waals surface area (Å²) in [6.07, 6.45) is 5.26. The Labute approximate surface area is 120 Å². The van der Waals surface area contributed by atoms with Gasteiger partial charge in [0.1, 0.15) is 0 Å². The SMILES string of the molecule is O=C(O)c1cc([N+](=O)[O-])cc(Cl)c1NC1CCCCC1. The van der Waals surface area contributed by atoms with Crippen molar-refractivity contribution in [2.45, 2.75) is 38.1 Å². The predicted octanol–water partition coefficient (Wildman–Crippen LogP) is 3.69. The third-order valence-corrected chi connectivity index (χ3v) is 3.77. The number of rotatable bonds is 4. The van der Waals surface area contributed by atoms with Crippen molar-refractivity contribution in [3.8, 4) is 0 Å². The Kier molecular flexibility index (Phi) is 4.44. The highest BCUT2D eigenvalue weighted by Gasteiger charge is 2.22. The highest BCUT2D eigenvalue weighted by molar-refractivity contribution is 6.34. The van der Waals surface area contributed by atoms with Gasteiger partial charge in [-0.25, -0.2) is 4.79 Å². The molecule has 7 heteroatoms. The van der Waals surface area contributed by atoms with Crippen LogP contribution in [0.3, 0.4) is 0 Å². The zero-order valence-corrected chi connectivity index (χ0v) is 11.5. The Morgan fingerprint density at radius 1 is 1.35 bits per heavy atom. The summed E-state index contributed by atoms with van der Waals surface area (Å²) in [6, 6.07) is 2.39. The van der Waals surface area contributed by atoms with E-state index in [1.165, 1.54) is 12.5 Å². The van der Waals surface area contributed by atoms with Crippen LogP contribution in [-0.2, 0) is 0 Å². The lowest BCUT2D eigenvalue weighted by atomic mass is 9.95. The second kappa shape index (κ2) is 6.09. The monoisotopic (exact) mass is 298 g/mol. The quantitative estimate of drug-likeness (QED) is 0.653. The van der Waals surface area contributed by atoms with Gasteiger partial charge in [-0.15, -0.1) is 0 Å². The Bertz CT molecular complexity index is 541. The van der Waals surface area contributed by atoms with Crippen LogP contribution in [0, 0.1) is 10.1 Å². The van der Waals surface area contributed by atoms with Gasteiger partial charge in [-0.1, -0.05) is 30.9 Å². The van der Waals surface area contributed by atoms with E-state index in [2.05, 4.69) is 5.32 Å². The first kappa shape index (κ1) is 14.6. The largest absolute Gasteiger partial charge is 0.478 e. The number of aromatic carboxylic acids is 1. The minimum absolute atomic E-state index is 0.0715. The van der Waals surface area contributed by atoms with Crippen LogP contribution in [0.5, 0.6) is 0 Å². The third kappa shape index (κ3) is 3.19. The third-order valence-electron chi connectivity index (χ3n) is 3.47. The molecule has 6 nitrogen and oxygen atoms in total. The van der Waals surface area contributed by atoms with Gasteiger partial charge in [0.05, 0.1) is 21.2 Å². The Morgan fingerprint density at radius 2 is 2.00 bits per heavy atom. The normalized spacial score (nSPS) is 15.8. The molecule has 1 aromatic rings. The van der Waals surface area contributed by atoms with Gasteiger partial charge in [0.25, 0.3) is 5.69 Å². The molecule has 0 aromatic heterocycles. The molecule has 108 valence electrons. The van der Waals surface area contributed by atoms with Crippen LogP contribution < -0.4 is 5.32 Å². The maximum absolute atomic E-state index is 11.3. The van der Waals surface area contributed by atoms with Gasteiger partial charge in [-0.3, -0.25) is 10.1 Å². The molecule has 0 unspecified atom stereocenters. The summed E-state index contributed by atoms with van der Waals surface area (Å²) < 4.78 is 0. The van der Waals surface area contributed by atoms with Crippen LogP contribution in [0.4, 0.5) is 11.4 Å². The number of non-ortho nitro benzene ring substituents is 1. The number of hydrogen-bond acceptors (Lipinski definition) is 4. The lowest BCUT2D eigenvalue weighted by molar-refractivity contribution is -0.384. The van der Waals surface area contributed by atoms with Crippen LogP contribution in [0.25, 0.3) is 0 Å². The van der Waals surface area contributed by atoms with E-state index in [9.17, 15) is 20.0 Å². The van der Waals surface area contributed by atoms with Gasteiger partial charge in [-0.2, -0.15) is 0 Å². The highest BCUT2D eigenvalue weighted by atomic mass is 35.5. The summed E-state index contributed by atoms with van der Waals surface area (Å²) >= 11 is 6.01. The number of nitrogens with one attached hydrogen (secondary N) is 1. The molecule has 0 aliphatic heterocycles. The van der Waals surface area contributed by atoms with Crippen molar-refractivity contribution in [2.75, 3.05) is 5.32 Å². The first-order valence-corrected chi connectivity index (χ1v) is 6.84. The number of carbonyl (C=O) groups is 1. The summed E-state index contributed by atoms with van der Waals surface area (Å²) in [6.45, 7) is 0. The molecule has 0 heterocycles. The summed E-state index contributed by atoms with van der Waals surface area (Å²) in [7, 11) is 0. The summed E-state index contributed by atoms with van der Waals surface area (Å²) in [5.41, 5.74) is -0.201. The lowest BCUT2D eigenvalue weighted by Gasteiger charge is -2.25. The fraction of sp³-hybridized carbons (Fsp3) is 0.462. The van der Waals surface area contributed by atoms with Crippen LogP contribution in [0.15, 0.2) is 12.1 Å². The lowest BCUT2D eigenvalue weighted by Crippen LogP contribution is -2.23. The second-order valence-corrected chi connectivity index (χ2v) is 5.30. The minimum atomic E-state index is -1.23. The summed E-state index contributed by atoms with van der Waals surface area (Å²) in [5, 5.41) is 23.2. The standard InChI is InChI=1S/C13H15ClN2O4/c14-11-7-9(16(19)20)6-10(13(17)18)12(11)15-8-4-2-1-3-5-8/h6-8,15H,1-5H2,(H,17,18). The van der Waals surface area contributed by atoms with Crippen molar-refractivity contribution in [3.63, 3.8) is 0 Å². The number of carboxylic acids is 1. The van der Waals surface area contributed by atoms with Crippen molar-refractivity contribution < 1.29 is 14.8 Å². The molecule has 0 spiro atoms. The number of nitrogens with zero attached hydrogens (tertiary/aromatic N) is 1. The molecule has 20 heavy (non-hydrogen) atoms. The fourth-order valence-electron chi connectivity index (χ4n) is 2.46. The smallest absolute Gasteiger partial charge is 0.338 e. The topological polar surface area (TPSA) is 92.5 Å². The molecule has 1 aliphatic rings. The average molecular weight is 299 g/mol. The molecule has 0 atom stereocenters. The molecule has 2 rings (SSSR count). The van der Waals surface area contributed by atoms with E-state index in [4.69, 9.17) is 11.6 Å². The number of nitro groups is 1. The molecule has 1 aliphatic carbocycles. The van der Waals surface area contributed by atoms with Crippen molar-refractivity contribution in [1.82, 2.24) is 0 Å². The maximum atomic E-state index is 11.3. The van der Waals surface area contributed by atoms with Crippen LogP contribution in [0.2, 0.25) is 5.02 Å². The molecule has 2 N–H and O–H groups in total. The van der Waals surface area contributed by atoms with E-state index < -0.39 is 10.9 Å². The molecular formula is C13H15ClN2O4. The van der Waals surface area contributed by atoms with E-state index in [1.807, 2.05) is 0 Å². The van der Waals surface area contributed by atoms with Gasteiger partial charge in [0.2, 0.25) is 0 Å². The van der Waals surface area contributed by atoms with Crippen LogP contribution in [-0.4, -0.2) is 22.0 Å². The number of carboxylic acid groups (broad SMARTS) is 1. The van der Waals surface area contributed by atoms with Crippen molar-refractivity contribution >= 4 is 28.9 Å². The highest BCUT2D eigenvalue weighted by Crippen LogP contribution is 2.33. The van der Waals surface area contributed by atoms with Gasteiger partial charge in [-0.05, 0) is 12.8 Å². The number of anilines is 1. The molecule has 1 saturated carbocycles. The van der Waals surface area contributed by atoms with Gasteiger partial charge in [0, 0.05) is 18.2 Å². The summed E-state index contributed by atoms with van der Waals surface area (Å²) in [5.74, 6) is -1.23. The number of halogens is 1. The first-order valence-electron chi connectivity index (χ1n) is 6.47. The first-order chi connectivity index (χ1) is 9.49. The summed E-state index contributed by atoms with van der Waals surface area (Å²) in [4.78, 5) is 21.4. The molecule has 0 radical (unpaired) electrons. The Hall–Kier alpha value is -1.82. The van der Waals surface area contributed by atoms with Crippen LogP contribution in [0.1, 0.15) is 42.5 Å². The van der Waals surface area contributed by atoms with E-state index in [0.717, 1.165) is 31.7 Å². The Balaban J connectivity index is 2.35. The fourth-order valence-corrected chi connectivity index (χ4v) is 2.73. The average Bonchev–Trinajstić information content (AvgIpc) is 2.41. The molecule has 0 bridgehead atoms. The van der Waals surface area contributed by atoms with Gasteiger partial charge < -0.3 is 10.4 Å². The van der Waals surface area contributed by atoms with Crippen molar-refractivity contribution in [2.24, 2.45) is 0 Å².